The number of para-hydroxylation sites is 2. The van der Waals surface area contributed by atoms with E-state index in [0.717, 1.165) is 22.4 Å². The lowest BCUT2D eigenvalue weighted by Crippen LogP contribution is -2.28. The lowest BCUT2D eigenvalue weighted by molar-refractivity contribution is -0.115. The highest BCUT2D eigenvalue weighted by Gasteiger charge is 2.21. The highest BCUT2D eigenvalue weighted by Crippen LogP contribution is 2.29. The molecule has 3 aromatic carbocycles. The van der Waals surface area contributed by atoms with Crippen LogP contribution in [-0.2, 0) is 11.3 Å². The van der Waals surface area contributed by atoms with Gasteiger partial charge in [-0.15, -0.1) is 0 Å². The predicted octanol–water partition coefficient (Wildman–Crippen LogP) is 6.00. The Hall–Kier alpha value is -3.38. The van der Waals surface area contributed by atoms with Crippen molar-refractivity contribution >= 4 is 34.3 Å². The summed E-state index contributed by atoms with van der Waals surface area (Å²) >= 11 is 1.31. The van der Waals surface area contributed by atoms with Gasteiger partial charge in [0.05, 0.1) is 22.7 Å². The standard InChI is InChI=1S/C28H29N3O2S/c1-18(2)22-15-10-11-19(3)25(22)30-26(32)20(4)34-28-29-24-16-9-8-14-23(24)27(33)31(28)17-21-12-6-5-7-13-21/h5-16,18,20H,17H2,1-4H3,(H,30,32). The number of thioether (sulfide) groups is 1. The van der Waals surface area contributed by atoms with Gasteiger partial charge in [-0.3, -0.25) is 14.2 Å². The van der Waals surface area contributed by atoms with Crippen molar-refractivity contribution in [2.45, 2.75) is 50.6 Å². The van der Waals surface area contributed by atoms with E-state index in [9.17, 15) is 9.59 Å². The Morgan fingerprint density at radius 1 is 0.971 bits per heavy atom. The zero-order valence-electron chi connectivity index (χ0n) is 19.9. The lowest BCUT2D eigenvalue weighted by Gasteiger charge is -2.19. The average molecular weight is 472 g/mol. The number of benzene rings is 3. The van der Waals surface area contributed by atoms with E-state index in [0.29, 0.717) is 22.6 Å². The molecular formula is C28H29N3O2S. The van der Waals surface area contributed by atoms with E-state index >= 15 is 0 Å². The molecule has 1 atom stereocenters. The third kappa shape index (κ3) is 5.07. The number of aryl methyl sites for hydroxylation is 1. The van der Waals surface area contributed by atoms with E-state index < -0.39 is 5.25 Å². The van der Waals surface area contributed by atoms with E-state index in [1.165, 1.54) is 11.8 Å². The summed E-state index contributed by atoms with van der Waals surface area (Å²) in [6, 6.07) is 23.2. The zero-order chi connectivity index (χ0) is 24.2. The van der Waals surface area contributed by atoms with E-state index in [1.54, 1.807) is 10.6 Å². The first-order chi connectivity index (χ1) is 16.3. The Balaban J connectivity index is 1.67. The van der Waals surface area contributed by atoms with Crippen LogP contribution in [0.3, 0.4) is 0 Å². The molecule has 0 spiro atoms. The molecule has 5 nitrogen and oxygen atoms in total. The first-order valence-electron chi connectivity index (χ1n) is 11.5. The Morgan fingerprint density at radius 2 is 1.68 bits per heavy atom. The molecule has 0 aliphatic rings. The van der Waals surface area contributed by atoms with Gasteiger partial charge in [0.15, 0.2) is 5.16 Å². The number of carbonyl (C=O) groups excluding carboxylic acids is 1. The third-order valence-electron chi connectivity index (χ3n) is 5.84. The van der Waals surface area contributed by atoms with Crippen LogP contribution in [0.1, 0.15) is 43.4 Å². The molecule has 0 fully saturated rings. The summed E-state index contributed by atoms with van der Waals surface area (Å²) < 4.78 is 1.67. The van der Waals surface area contributed by atoms with Gasteiger partial charge in [-0.25, -0.2) is 4.98 Å². The van der Waals surface area contributed by atoms with Crippen LogP contribution in [0.2, 0.25) is 0 Å². The molecule has 1 heterocycles. The number of nitrogens with one attached hydrogen (secondary N) is 1. The molecule has 0 bridgehead atoms. The largest absolute Gasteiger partial charge is 0.325 e. The van der Waals surface area contributed by atoms with Gasteiger partial charge in [0, 0.05) is 5.69 Å². The van der Waals surface area contributed by atoms with Crippen LogP contribution < -0.4 is 10.9 Å². The summed E-state index contributed by atoms with van der Waals surface area (Å²) in [5.41, 5.74) is 4.53. The van der Waals surface area contributed by atoms with Crippen molar-refractivity contribution in [3.05, 3.63) is 99.8 Å². The van der Waals surface area contributed by atoms with Crippen LogP contribution in [0.25, 0.3) is 10.9 Å². The number of rotatable bonds is 7. The topological polar surface area (TPSA) is 64.0 Å². The smallest absolute Gasteiger partial charge is 0.262 e. The van der Waals surface area contributed by atoms with E-state index in [4.69, 9.17) is 4.98 Å². The van der Waals surface area contributed by atoms with Crippen molar-refractivity contribution in [3.8, 4) is 0 Å². The minimum atomic E-state index is -0.449. The van der Waals surface area contributed by atoms with Crippen LogP contribution in [0.15, 0.2) is 82.7 Å². The number of anilines is 1. The fraction of sp³-hybridized carbons (Fsp3) is 0.250. The summed E-state index contributed by atoms with van der Waals surface area (Å²) in [4.78, 5) is 31.4. The maximum Gasteiger partial charge on any atom is 0.262 e. The van der Waals surface area contributed by atoms with Gasteiger partial charge in [0.2, 0.25) is 5.91 Å². The second-order valence-electron chi connectivity index (χ2n) is 8.73. The van der Waals surface area contributed by atoms with Crippen molar-refractivity contribution in [1.82, 2.24) is 9.55 Å². The molecule has 4 aromatic rings. The quantitative estimate of drug-likeness (QED) is 0.265. The Kier molecular flexibility index (Phi) is 7.17. The number of hydrogen-bond donors (Lipinski definition) is 1. The van der Waals surface area contributed by atoms with Crippen molar-refractivity contribution in [2.75, 3.05) is 5.32 Å². The molecule has 0 aliphatic carbocycles. The molecule has 1 N–H and O–H groups in total. The minimum absolute atomic E-state index is 0.106. The normalized spacial score (nSPS) is 12.1. The first-order valence-corrected chi connectivity index (χ1v) is 12.3. The van der Waals surface area contributed by atoms with Gasteiger partial charge in [0.25, 0.3) is 5.56 Å². The number of aromatic nitrogens is 2. The van der Waals surface area contributed by atoms with Gasteiger partial charge in [-0.1, -0.05) is 86.3 Å². The number of carbonyl (C=O) groups is 1. The summed E-state index contributed by atoms with van der Waals surface area (Å²) in [7, 11) is 0. The molecule has 1 amide bonds. The molecule has 0 radical (unpaired) electrons. The Bertz CT molecular complexity index is 1380. The van der Waals surface area contributed by atoms with Crippen molar-refractivity contribution in [1.29, 1.82) is 0 Å². The molecule has 0 saturated carbocycles. The van der Waals surface area contributed by atoms with Crippen molar-refractivity contribution in [2.24, 2.45) is 0 Å². The minimum Gasteiger partial charge on any atom is -0.325 e. The first kappa shape index (κ1) is 23.8. The monoisotopic (exact) mass is 471 g/mol. The van der Waals surface area contributed by atoms with Gasteiger partial charge in [-0.05, 0) is 48.6 Å². The van der Waals surface area contributed by atoms with Crippen LogP contribution >= 0.6 is 11.8 Å². The van der Waals surface area contributed by atoms with E-state index in [1.807, 2.05) is 80.6 Å². The second kappa shape index (κ2) is 10.3. The van der Waals surface area contributed by atoms with Gasteiger partial charge in [-0.2, -0.15) is 0 Å². The summed E-state index contributed by atoms with van der Waals surface area (Å²) in [5, 5.41) is 3.78. The van der Waals surface area contributed by atoms with Crippen LogP contribution in [0, 0.1) is 6.92 Å². The predicted molar refractivity (Wildman–Crippen MR) is 141 cm³/mol. The Morgan fingerprint density at radius 3 is 2.41 bits per heavy atom. The van der Waals surface area contributed by atoms with Gasteiger partial charge >= 0.3 is 0 Å². The fourth-order valence-electron chi connectivity index (χ4n) is 3.92. The molecule has 1 aromatic heterocycles. The molecule has 174 valence electrons. The number of nitrogens with zero attached hydrogens (tertiary/aromatic N) is 2. The summed E-state index contributed by atoms with van der Waals surface area (Å²) in [5.74, 6) is 0.172. The van der Waals surface area contributed by atoms with Crippen LogP contribution in [0.4, 0.5) is 5.69 Å². The van der Waals surface area contributed by atoms with E-state index in [2.05, 4.69) is 19.2 Å². The maximum atomic E-state index is 13.4. The third-order valence-corrected chi connectivity index (χ3v) is 6.93. The molecule has 6 heteroatoms. The Labute approximate surface area is 204 Å². The highest BCUT2D eigenvalue weighted by atomic mass is 32.2. The maximum absolute atomic E-state index is 13.4. The van der Waals surface area contributed by atoms with Gasteiger partial charge < -0.3 is 5.32 Å². The molecule has 0 saturated heterocycles. The SMILES string of the molecule is Cc1cccc(C(C)C)c1NC(=O)C(C)Sc1nc2ccccc2c(=O)n1Cc1ccccc1. The number of amides is 1. The number of hydrogen-bond acceptors (Lipinski definition) is 4. The zero-order valence-corrected chi connectivity index (χ0v) is 20.7. The second-order valence-corrected chi connectivity index (χ2v) is 10.0. The van der Waals surface area contributed by atoms with Crippen molar-refractivity contribution < 1.29 is 4.79 Å². The molecular weight excluding hydrogens is 442 g/mol. The van der Waals surface area contributed by atoms with Crippen LogP contribution in [-0.4, -0.2) is 20.7 Å². The average Bonchev–Trinajstić information content (AvgIpc) is 2.83. The van der Waals surface area contributed by atoms with Crippen molar-refractivity contribution in [3.63, 3.8) is 0 Å². The molecule has 1 unspecified atom stereocenters. The van der Waals surface area contributed by atoms with Gasteiger partial charge in [0.1, 0.15) is 0 Å². The molecule has 34 heavy (non-hydrogen) atoms. The van der Waals surface area contributed by atoms with Crippen LogP contribution in [0.5, 0.6) is 0 Å². The summed E-state index contributed by atoms with van der Waals surface area (Å²) in [6.45, 7) is 8.47. The highest BCUT2D eigenvalue weighted by molar-refractivity contribution is 8.00. The molecule has 4 rings (SSSR count). The molecule has 0 aliphatic heterocycles. The summed E-state index contributed by atoms with van der Waals surface area (Å²) in [6.07, 6.45) is 0. The lowest BCUT2D eigenvalue weighted by atomic mass is 9.98. The number of fused-ring (bicyclic) bond motifs is 1. The van der Waals surface area contributed by atoms with E-state index in [-0.39, 0.29) is 17.4 Å². The fourth-order valence-corrected chi connectivity index (χ4v) is 4.83.